The van der Waals surface area contributed by atoms with E-state index >= 15 is 0 Å². The molecule has 32 heavy (non-hydrogen) atoms. The number of nitrogens with one attached hydrogen (secondary N) is 2. The minimum absolute atomic E-state index is 0.0106. The van der Waals surface area contributed by atoms with Crippen LogP contribution in [0.5, 0.6) is 5.75 Å². The van der Waals surface area contributed by atoms with Gasteiger partial charge < -0.3 is 10.1 Å². The summed E-state index contributed by atoms with van der Waals surface area (Å²) in [6.45, 7) is 1.17. The van der Waals surface area contributed by atoms with Crippen molar-refractivity contribution in [1.29, 1.82) is 0 Å². The van der Waals surface area contributed by atoms with Crippen molar-refractivity contribution >= 4 is 44.6 Å². The van der Waals surface area contributed by atoms with Crippen molar-refractivity contribution in [3.8, 4) is 5.75 Å². The highest BCUT2D eigenvalue weighted by atomic mass is 35.5. The highest BCUT2D eigenvalue weighted by Gasteiger charge is 2.16. The van der Waals surface area contributed by atoms with Crippen LogP contribution < -0.4 is 14.8 Å². The highest BCUT2D eigenvalue weighted by molar-refractivity contribution is 7.92. The summed E-state index contributed by atoms with van der Waals surface area (Å²) in [7, 11) is -3.81. The van der Waals surface area contributed by atoms with Gasteiger partial charge in [-0.2, -0.15) is 0 Å². The number of nitrogens with zero attached hydrogens (tertiary/aromatic N) is 1. The third-order valence-electron chi connectivity index (χ3n) is 4.38. The Hall–Kier alpha value is -3.63. The van der Waals surface area contributed by atoms with E-state index in [4.69, 9.17) is 16.3 Å². The molecule has 9 nitrogen and oxygen atoms in total. The van der Waals surface area contributed by atoms with Crippen LogP contribution >= 0.6 is 11.6 Å². The Bertz CT molecular complexity index is 1250. The van der Waals surface area contributed by atoms with Crippen molar-refractivity contribution in [1.82, 2.24) is 0 Å². The summed E-state index contributed by atoms with van der Waals surface area (Å²) < 4.78 is 32.8. The summed E-state index contributed by atoms with van der Waals surface area (Å²) in [6, 6.07) is 16.1. The van der Waals surface area contributed by atoms with Gasteiger partial charge in [0.1, 0.15) is 5.75 Å². The van der Waals surface area contributed by atoms with Crippen molar-refractivity contribution in [3.63, 3.8) is 0 Å². The molecule has 0 spiro atoms. The number of nitro benzene ring substituents is 1. The number of carbonyl (C=O) groups is 1. The number of halogens is 1. The Labute approximate surface area is 189 Å². The van der Waals surface area contributed by atoms with Crippen LogP contribution in [0, 0.1) is 17.0 Å². The van der Waals surface area contributed by atoms with Gasteiger partial charge in [0, 0.05) is 16.8 Å². The monoisotopic (exact) mass is 475 g/mol. The lowest BCUT2D eigenvalue weighted by Crippen LogP contribution is -2.21. The normalized spacial score (nSPS) is 10.9. The second kappa shape index (κ2) is 9.67. The SMILES string of the molecule is Cc1c(NC(=O)COc2ccc(S(=O)(=O)Nc3ccc(Cl)cc3)cc2)cccc1[N+](=O)[O-]. The fourth-order valence-electron chi connectivity index (χ4n) is 2.74. The molecule has 0 radical (unpaired) electrons. The predicted octanol–water partition coefficient (Wildman–Crippen LogP) is 4.37. The first-order chi connectivity index (χ1) is 15.2. The molecule has 0 bridgehead atoms. The Morgan fingerprint density at radius 1 is 1.06 bits per heavy atom. The Kier molecular flexibility index (Phi) is 6.96. The number of rotatable bonds is 8. The lowest BCUT2D eigenvalue weighted by molar-refractivity contribution is -0.385. The minimum atomic E-state index is -3.81. The van der Waals surface area contributed by atoms with Gasteiger partial charge in [-0.3, -0.25) is 19.6 Å². The van der Waals surface area contributed by atoms with Crippen LogP contribution in [0.2, 0.25) is 5.02 Å². The highest BCUT2D eigenvalue weighted by Crippen LogP contribution is 2.25. The molecule has 2 N–H and O–H groups in total. The first-order valence-electron chi connectivity index (χ1n) is 9.21. The molecule has 166 valence electrons. The van der Waals surface area contributed by atoms with Crippen molar-refractivity contribution in [2.75, 3.05) is 16.6 Å². The molecule has 0 aliphatic rings. The molecule has 0 unspecified atom stereocenters. The lowest BCUT2D eigenvalue weighted by Gasteiger charge is -2.11. The van der Waals surface area contributed by atoms with E-state index in [0.717, 1.165) is 0 Å². The standard InChI is InChI=1S/C21H18ClN3O6S/c1-14-19(3-2-4-20(14)25(27)28)23-21(26)13-31-17-9-11-18(12-10-17)32(29,30)24-16-7-5-15(22)6-8-16/h2-12,24H,13H2,1H3,(H,23,26). The molecule has 0 saturated heterocycles. The summed E-state index contributed by atoms with van der Waals surface area (Å²) in [5, 5.41) is 14.0. The van der Waals surface area contributed by atoms with Gasteiger partial charge in [-0.05, 0) is 61.5 Å². The van der Waals surface area contributed by atoms with E-state index in [9.17, 15) is 23.3 Å². The third kappa shape index (κ3) is 5.74. The summed E-state index contributed by atoms with van der Waals surface area (Å²) >= 11 is 5.80. The van der Waals surface area contributed by atoms with E-state index in [-0.39, 0.29) is 22.9 Å². The number of ether oxygens (including phenoxy) is 1. The van der Waals surface area contributed by atoms with Gasteiger partial charge in [-0.25, -0.2) is 8.42 Å². The Morgan fingerprint density at radius 2 is 1.72 bits per heavy atom. The molecule has 3 aromatic carbocycles. The number of carbonyl (C=O) groups excluding carboxylic acids is 1. The maximum Gasteiger partial charge on any atom is 0.274 e. The van der Waals surface area contributed by atoms with Gasteiger partial charge in [-0.15, -0.1) is 0 Å². The molecular formula is C21H18ClN3O6S. The van der Waals surface area contributed by atoms with Crippen LogP contribution in [0.15, 0.2) is 71.6 Å². The zero-order chi connectivity index (χ0) is 23.3. The molecule has 3 rings (SSSR count). The Balaban J connectivity index is 1.60. The molecule has 0 aliphatic carbocycles. The zero-order valence-electron chi connectivity index (χ0n) is 16.7. The molecule has 0 saturated carbocycles. The average Bonchev–Trinajstić information content (AvgIpc) is 2.75. The van der Waals surface area contributed by atoms with E-state index in [0.29, 0.717) is 22.0 Å². The second-order valence-corrected chi connectivity index (χ2v) is 8.75. The summed E-state index contributed by atoms with van der Waals surface area (Å²) in [5.74, 6) is -0.240. The van der Waals surface area contributed by atoms with Crippen LogP contribution in [0.3, 0.4) is 0 Å². The fourth-order valence-corrected chi connectivity index (χ4v) is 3.92. The van der Waals surface area contributed by atoms with Crippen LogP contribution in [-0.4, -0.2) is 25.9 Å². The van der Waals surface area contributed by atoms with Crippen LogP contribution in [-0.2, 0) is 14.8 Å². The number of sulfonamides is 1. The summed E-state index contributed by atoms with van der Waals surface area (Å²) in [6.07, 6.45) is 0. The average molecular weight is 476 g/mol. The molecule has 0 aliphatic heterocycles. The van der Waals surface area contributed by atoms with Gasteiger partial charge in [0.2, 0.25) is 0 Å². The molecule has 0 heterocycles. The Morgan fingerprint density at radius 3 is 2.34 bits per heavy atom. The van der Waals surface area contributed by atoms with Gasteiger partial charge in [0.05, 0.1) is 21.1 Å². The first-order valence-corrected chi connectivity index (χ1v) is 11.1. The quantitative estimate of drug-likeness (QED) is 0.367. The van der Waals surface area contributed by atoms with Crippen LogP contribution in [0.4, 0.5) is 17.1 Å². The third-order valence-corrected chi connectivity index (χ3v) is 6.03. The fraction of sp³-hybridized carbons (Fsp3) is 0.0952. The van der Waals surface area contributed by atoms with Gasteiger partial charge >= 0.3 is 0 Å². The van der Waals surface area contributed by atoms with Crippen molar-refractivity contribution in [2.45, 2.75) is 11.8 Å². The van der Waals surface area contributed by atoms with Gasteiger partial charge in [0.25, 0.3) is 21.6 Å². The van der Waals surface area contributed by atoms with Gasteiger partial charge in [0.15, 0.2) is 6.61 Å². The number of amides is 1. The zero-order valence-corrected chi connectivity index (χ0v) is 18.3. The number of nitro groups is 1. The molecule has 0 fully saturated rings. The van der Waals surface area contributed by atoms with Gasteiger partial charge in [-0.1, -0.05) is 17.7 Å². The summed E-state index contributed by atoms with van der Waals surface area (Å²) in [4.78, 5) is 22.6. The smallest absolute Gasteiger partial charge is 0.274 e. The van der Waals surface area contributed by atoms with E-state index in [1.807, 2.05) is 0 Å². The van der Waals surface area contributed by atoms with Crippen LogP contribution in [0.25, 0.3) is 0 Å². The molecule has 0 atom stereocenters. The maximum absolute atomic E-state index is 12.5. The minimum Gasteiger partial charge on any atom is -0.484 e. The van der Waals surface area contributed by atoms with Crippen LogP contribution in [0.1, 0.15) is 5.56 Å². The number of hydrogen-bond acceptors (Lipinski definition) is 6. The maximum atomic E-state index is 12.5. The molecule has 0 aromatic heterocycles. The van der Waals surface area contributed by atoms with Crippen molar-refractivity contribution in [3.05, 3.63) is 87.4 Å². The predicted molar refractivity (Wildman–Crippen MR) is 121 cm³/mol. The largest absolute Gasteiger partial charge is 0.484 e. The number of hydrogen-bond donors (Lipinski definition) is 2. The number of anilines is 2. The second-order valence-electron chi connectivity index (χ2n) is 6.63. The van der Waals surface area contributed by atoms with E-state index in [1.54, 1.807) is 30.3 Å². The lowest BCUT2D eigenvalue weighted by atomic mass is 10.1. The molecule has 11 heteroatoms. The first kappa shape index (κ1) is 23.0. The molecule has 3 aromatic rings. The summed E-state index contributed by atoms with van der Waals surface area (Å²) in [5.41, 5.74) is 0.895. The van der Waals surface area contributed by atoms with E-state index in [2.05, 4.69) is 10.0 Å². The van der Waals surface area contributed by atoms with Crippen molar-refractivity contribution in [2.24, 2.45) is 0 Å². The van der Waals surface area contributed by atoms with E-state index in [1.165, 1.54) is 43.3 Å². The number of benzene rings is 3. The molecular weight excluding hydrogens is 458 g/mol. The van der Waals surface area contributed by atoms with Crippen molar-refractivity contribution < 1.29 is 22.9 Å². The molecule has 1 amide bonds. The topological polar surface area (TPSA) is 128 Å². The van der Waals surface area contributed by atoms with E-state index < -0.39 is 20.9 Å².